The average Bonchev–Trinajstić information content (AvgIpc) is 2.97. The molecule has 1 aromatic heterocycles. The summed E-state index contributed by atoms with van der Waals surface area (Å²) in [5.74, 6) is 0.858. The average molecular weight is 527 g/mol. The van der Waals surface area contributed by atoms with Crippen LogP contribution in [-0.4, -0.2) is 67.3 Å². The van der Waals surface area contributed by atoms with E-state index < -0.39 is 0 Å². The van der Waals surface area contributed by atoms with Crippen molar-refractivity contribution in [3.05, 3.63) is 79.5 Å². The fraction of sp³-hybridized carbons (Fsp3) is 0.233. The maximum Gasteiger partial charge on any atom is 0.247 e. The third kappa shape index (κ3) is 5.99. The Morgan fingerprint density at radius 1 is 1.10 bits per heavy atom. The summed E-state index contributed by atoms with van der Waals surface area (Å²) in [7, 11) is 1.64. The molecule has 0 atom stereocenters. The van der Waals surface area contributed by atoms with Gasteiger partial charge >= 0.3 is 0 Å². The molecule has 3 aromatic carbocycles. The Morgan fingerprint density at radius 3 is 2.69 bits per heavy atom. The monoisotopic (exact) mass is 526 g/mol. The molecule has 0 bridgehead atoms. The minimum Gasteiger partial charge on any atom is -0.494 e. The van der Waals surface area contributed by atoms with E-state index in [2.05, 4.69) is 32.0 Å². The van der Waals surface area contributed by atoms with Gasteiger partial charge in [-0.15, -0.1) is 0 Å². The number of rotatable bonds is 9. The van der Waals surface area contributed by atoms with Crippen molar-refractivity contribution < 1.29 is 13.9 Å². The summed E-state index contributed by atoms with van der Waals surface area (Å²) in [5, 5.41) is 7.01. The fourth-order valence-corrected chi connectivity index (χ4v) is 4.76. The second-order valence-corrected chi connectivity index (χ2v) is 9.24. The summed E-state index contributed by atoms with van der Waals surface area (Å²) < 4.78 is 18.4. The third-order valence-corrected chi connectivity index (χ3v) is 6.81. The van der Waals surface area contributed by atoms with Gasteiger partial charge in [-0.2, -0.15) is 0 Å². The molecule has 5 rings (SSSR count). The number of piperazine rings is 1. The molecule has 2 heterocycles. The molecule has 1 aliphatic heterocycles. The first kappa shape index (κ1) is 26.1. The zero-order chi connectivity index (χ0) is 27.2. The van der Waals surface area contributed by atoms with E-state index in [1.807, 2.05) is 60.7 Å². The third-order valence-electron chi connectivity index (χ3n) is 6.81. The summed E-state index contributed by atoms with van der Waals surface area (Å²) in [6.45, 7) is 7.04. The van der Waals surface area contributed by atoms with Crippen molar-refractivity contribution in [1.82, 2.24) is 14.9 Å². The molecule has 1 saturated heterocycles. The number of amides is 1. The molecule has 0 spiro atoms. The summed E-state index contributed by atoms with van der Waals surface area (Å²) in [5.41, 5.74) is 5.10. The van der Waals surface area contributed by atoms with E-state index in [4.69, 9.17) is 9.72 Å². The van der Waals surface area contributed by atoms with Crippen LogP contribution in [0.15, 0.2) is 79.5 Å². The first-order chi connectivity index (χ1) is 19.1. The van der Waals surface area contributed by atoms with E-state index in [0.717, 1.165) is 59.6 Å². The van der Waals surface area contributed by atoms with E-state index >= 15 is 0 Å². The molecule has 2 N–H and O–H groups in total. The lowest BCUT2D eigenvalue weighted by atomic mass is 10.0. The van der Waals surface area contributed by atoms with Crippen LogP contribution in [0.5, 0.6) is 5.75 Å². The van der Waals surface area contributed by atoms with Crippen LogP contribution in [0, 0.1) is 0 Å². The van der Waals surface area contributed by atoms with Crippen molar-refractivity contribution in [3.8, 4) is 16.9 Å². The highest BCUT2D eigenvalue weighted by Crippen LogP contribution is 2.33. The first-order valence-electron chi connectivity index (χ1n) is 12.9. The Kier molecular flexibility index (Phi) is 7.98. The quantitative estimate of drug-likeness (QED) is 0.288. The van der Waals surface area contributed by atoms with Crippen LogP contribution in [0.3, 0.4) is 0 Å². The summed E-state index contributed by atoms with van der Waals surface area (Å²) in [6, 6.07) is 19.5. The van der Waals surface area contributed by atoms with Crippen LogP contribution in [0.1, 0.15) is 0 Å². The standard InChI is InChI=1S/C30H31FN6O2/c1-3-28(38)33-23-8-4-6-21(18-23)25-9-5-7-22-20-32-30(35-29(22)25)34-26-11-10-24(19-27(26)39-2)37-16-14-36(13-12-31)15-17-37/h3-11,18-20H,1,12-17H2,2H3,(H,33,38)(H,32,34,35). The number of halogens is 1. The number of hydrogen-bond acceptors (Lipinski definition) is 7. The van der Waals surface area contributed by atoms with Gasteiger partial charge in [0.1, 0.15) is 12.4 Å². The van der Waals surface area contributed by atoms with Crippen molar-refractivity contribution in [2.24, 2.45) is 0 Å². The zero-order valence-electron chi connectivity index (χ0n) is 21.9. The number of nitrogens with one attached hydrogen (secondary N) is 2. The number of nitrogens with zero attached hydrogens (tertiary/aromatic N) is 4. The molecular weight excluding hydrogens is 495 g/mol. The second kappa shape index (κ2) is 11.9. The Balaban J connectivity index is 1.40. The summed E-state index contributed by atoms with van der Waals surface area (Å²) in [4.78, 5) is 25.6. The minimum absolute atomic E-state index is 0.266. The summed E-state index contributed by atoms with van der Waals surface area (Å²) >= 11 is 0. The number of benzene rings is 3. The molecule has 1 fully saturated rings. The lowest BCUT2D eigenvalue weighted by Gasteiger charge is -2.35. The normalized spacial score (nSPS) is 13.7. The molecule has 0 saturated carbocycles. The van der Waals surface area contributed by atoms with Crippen LogP contribution in [0.2, 0.25) is 0 Å². The molecule has 0 aliphatic carbocycles. The molecule has 0 radical (unpaired) electrons. The van der Waals surface area contributed by atoms with E-state index in [9.17, 15) is 9.18 Å². The molecular formula is C30H31FN6O2. The highest BCUT2D eigenvalue weighted by Gasteiger charge is 2.18. The number of methoxy groups -OCH3 is 1. The van der Waals surface area contributed by atoms with E-state index in [-0.39, 0.29) is 12.6 Å². The van der Waals surface area contributed by atoms with Gasteiger partial charge < -0.3 is 20.3 Å². The molecule has 200 valence electrons. The molecule has 39 heavy (non-hydrogen) atoms. The van der Waals surface area contributed by atoms with Crippen molar-refractivity contribution in [2.45, 2.75) is 0 Å². The molecule has 0 unspecified atom stereocenters. The number of anilines is 4. The van der Waals surface area contributed by atoms with Gasteiger partial charge in [0.2, 0.25) is 11.9 Å². The highest BCUT2D eigenvalue weighted by molar-refractivity contribution is 6.00. The number of para-hydroxylation sites is 1. The lowest BCUT2D eigenvalue weighted by molar-refractivity contribution is -0.111. The number of carbonyl (C=O) groups excluding carboxylic acids is 1. The van der Waals surface area contributed by atoms with Crippen LogP contribution in [0.25, 0.3) is 22.0 Å². The Morgan fingerprint density at radius 2 is 1.92 bits per heavy atom. The van der Waals surface area contributed by atoms with Gasteiger partial charge in [-0.1, -0.05) is 36.9 Å². The lowest BCUT2D eigenvalue weighted by Crippen LogP contribution is -2.47. The smallest absolute Gasteiger partial charge is 0.247 e. The number of ether oxygens (including phenoxy) is 1. The van der Waals surface area contributed by atoms with Gasteiger partial charge in [-0.25, -0.2) is 14.4 Å². The minimum atomic E-state index is -0.313. The highest BCUT2D eigenvalue weighted by atomic mass is 19.1. The maximum atomic E-state index is 12.7. The van der Waals surface area contributed by atoms with Gasteiger partial charge in [-0.3, -0.25) is 9.69 Å². The van der Waals surface area contributed by atoms with Gasteiger partial charge in [0, 0.05) is 67.3 Å². The van der Waals surface area contributed by atoms with Crippen molar-refractivity contribution >= 4 is 39.8 Å². The number of hydrogen-bond donors (Lipinski definition) is 2. The maximum absolute atomic E-state index is 12.7. The number of fused-ring (bicyclic) bond motifs is 1. The zero-order valence-corrected chi connectivity index (χ0v) is 21.9. The van der Waals surface area contributed by atoms with Crippen LogP contribution >= 0.6 is 0 Å². The predicted molar refractivity (Wildman–Crippen MR) is 155 cm³/mol. The van der Waals surface area contributed by atoms with Crippen molar-refractivity contribution in [3.63, 3.8) is 0 Å². The number of alkyl halides is 1. The SMILES string of the molecule is C=CC(=O)Nc1cccc(-c2cccc3cnc(Nc4ccc(N5CCN(CCF)CC5)cc4OC)nc23)c1. The Bertz CT molecular complexity index is 1490. The van der Waals surface area contributed by atoms with Crippen molar-refractivity contribution in [1.29, 1.82) is 0 Å². The second-order valence-electron chi connectivity index (χ2n) is 9.24. The van der Waals surface area contributed by atoms with Gasteiger partial charge in [0.05, 0.1) is 18.3 Å². The number of carbonyl (C=O) groups is 1. The van der Waals surface area contributed by atoms with Gasteiger partial charge in [0.15, 0.2) is 0 Å². The predicted octanol–water partition coefficient (Wildman–Crippen LogP) is 5.27. The topological polar surface area (TPSA) is 82.6 Å². The van der Waals surface area contributed by atoms with Crippen LogP contribution < -0.4 is 20.3 Å². The van der Waals surface area contributed by atoms with Gasteiger partial charge in [-0.05, 0) is 35.9 Å². The molecule has 1 aliphatic rings. The van der Waals surface area contributed by atoms with Crippen LogP contribution in [-0.2, 0) is 4.79 Å². The Hall–Kier alpha value is -4.50. The largest absolute Gasteiger partial charge is 0.494 e. The van der Waals surface area contributed by atoms with E-state index in [0.29, 0.717) is 23.9 Å². The van der Waals surface area contributed by atoms with E-state index in [1.165, 1.54) is 6.08 Å². The Labute approximate surface area is 227 Å². The molecule has 1 amide bonds. The summed E-state index contributed by atoms with van der Waals surface area (Å²) in [6.07, 6.45) is 3.03. The number of aromatic nitrogens is 2. The molecule has 4 aromatic rings. The molecule has 8 nitrogen and oxygen atoms in total. The first-order valence-corrected chi connectivity index (χ1v) is 12.9. The van der Waals surface area contributed by atoms with E-state index in [1.54, 1.807) is 13.3 Å². The van der Waals surface area contributed by atoms with Crippen molar-refractivity contribution in [2.75, 3.05) is 62.0 Å². The van der Waals surface area contributed by atoms with Crippen LogP contribution in [0.4, 0.5) is 27.4 Å². The van der Waals surface area contributed by atoms with Gasteiger partial charge in [0.25, 0.3) is 0 Å². The fourth-order valence-electron chi connectivity index (χ4n) is 4.76. The molecule has 9 heteroatoms.